The van der Waals surface area contributed by atoms with Crippen molar-refractivity contribution in [3.63, 3.8) is 0 Å². The van der Waals surface area contributed by atoms with Gasteiger partial charge in [0, 0.05) is 0 Å². The number of esters is 1. The molecular weight excluding hydrogens is 326 g/mol. The van der Waals surface area contributed by atoms with Gasteiger partial charge in [0.1, 0.15) is 5.60 Å². The van der Waals surface area contributed by atoms with Crippen LogP contribution in [0, 0.1) is 0 Å². The van der Waals surface area contributed by atoms with E-state index in [0.717, 1.165) is 13.2 Å². The van der Waals surface area contributed by atoms with Crippen LogP contribution in [-0.2, 0) is 9.47 Å². The second kappa shape index (κ2) is 5.88. The van der Waals surface area contributed by atoms with Crippen LogP contribution in [0.4, 0.5) is 17.7 Å². The molecule has 0 saturated heterocycles. The number of hydrogen-bond donors (Lipinski definition) is 0. The van der Waals surface area contributed by atoms with Gasteiger partial charge in [0.25, 0.3) is 0 Å². The fourth-order valence-corrected chi connectivity index (χ4v) is 2.22. The minimum Gasteiger partial charge on any atom is -0.465 e. The molecule has 1 aromatic heterocycles. The Morgan fingerprint density at radius 2 is 1.75 bits per heavy atom. The zero-order chi connectivity index (χ0) is 18.3. The SMILES string of the molecule is COC(=O)c1ccc2cc([B-](F)(F)F)n(C(=O)OC(C)(C)C)c2c1. The van der Waals surface area contributed by atoms with Crippen molar-refractivity contribution in [2.45, 2.75) is 26.4 Å². The van der Waals surface area contributed by atoms with Crippen LogP contribution in [0.5, 0.6) is 0 Å². The predicted molar refractivity (Wildman–Crippen MR) is 83.6 cm³/mol. The molecule has 1 aromatic carbocycles. The maximum absolute atomic E-state index is 13.3. The molecule has 0 aliphatic rings. The molecule has 0 spiro atoms. The van der Waals surface area contributed by atoms with Crippen molar-refractivity contribution in [1.29, 1.82) is 0 Å². The molecule has 0 aliphatic carbocycles. The van der Waals surface area contributed by atoms with Crippen LogP contribution in [0.3, 0.4) is 0 Å². The minimum atomic E-state index is -5.46. The molecule has 0 unspecified atom stereocenters. The molecule has 0 atom stereocenters. The summed E-state index contributed by atoms with van der Waals surface area (Å²) >= 11 is 0. The molecule has 5 nitrogen and oxygen atoms in total. The number of carbonyl (C=O) groups excluding carboxylic acids is 2. The Morgan fingerprint density at radius 1 is 1.12 bits per heavy atom. The summed E-state index contributed by atoms with van der Waals surface area (Å²) in [7, 11) is 1.16. The van der Waals surface area contributed by atoms with Gasteiger partial charge in [-0.15, -0.1) is 0 Å². The van der Waals surface area contributed by atoms with E-state index in [1.807, 2.05) is 0 Å². The second-order valence-corrected chi connectivity index (χ2v) is 6.22. The van der Waals surface area contributed by atoms with Gasteiger partial charge in [0.15, 0.2) is 0 Å². The topological polar surface area (TPSA) is 57.5 Å². The number of nitrogens with zero attached hydrogens (tertiary/aromatic N) is 1. The Bertz CT molecular complexity index is 805. The summed E-state index contributed by atoms with van der Waals surface area (Å²) in [4.78, 5) is 23.9. The van der Waals surface area contributed by atoms with Crippen molar-refractivity contribution in [1.82, 2.24) is 4.57 Å². The summed E-state index contributed by atoms with van der Waals surface area (Å²) in [5.74, 6) is -0.715. The Kier molecular flexibility index (Phi) is 4.39. The van der Waals surface area contributed by atoms with Crippen LogP contribution in [0.1, 0.15) is 31.1 Å². The van der Waals surface area contributed by atoms with Crippen LogP contribution in [0.2, 0.25) is 0 Å². The molecule has 0 bridgehead atoms. The Hall–Kier alpha value is -2.45. The monoisotopic (exact) mass is 342 g/mol. The summed E-state index contributed by atoms with van der Waals surface area (Å²) in [6, 6.07) is 4.70. The minimum absolute atomic E-state index is 0.0362. The molecular formula is C15H16BF3NO4-. The Balaban J connectivity index is 2.71. The van der Waals surface area contributed by atoms with E-state index in [1.54, 1.807) is 20.8 Å². The van der Waals surface area contributed by atoms with Gasteiger partial charge >= 0.3 is 19.0 Å². The Labute approximate surface area is 136 Å². The van der Waals surface area contributed by atoms with Gasteiger partial charge in [0.05, 0.1) is 18.2 Å². The first kappa shape index (κ1) is 17.9. The maximum atomic E-state index is 13.3. The molecule has 24 heavy (non-hydrogen) atoms. The van der Waals surface area contributed by atoms with Gasteiger partial charge < -0.3 is 22.4 Å². The zero-order valence-electron chi connectivity index (χ0n) is 13.6. The molecule has 2 rings (SSSR count). The summed E-state index contributed by atoms with van der Waals surface area (Å²) in [5.41, 5.74) is -2.11. The van der Waals surface area contributed by atoms with Crippen molar-refractivity contribution in [3.8, 4) is 0 Å². The molecule has 0 amide bonds. The largest absolute Gasteiger partial charge is 0.526 e. The lowest BCUT2D eigenvalue weighted by atomic mass is 9.86. The Morgan fingerprint density at radius 3 is 2.25 bits per heavy atom. The molecule has 0 aliphatic heterocycles. The number of hydrogen-bond acceptors (Lipinski definition) is 4. The van der Waals surface area contributed by atoms with E-state index >= 15 is 0 Å². The summed E-state index contributed by atoms with van der Waals surface area (Å²) in [6.07, 6.45) is -1.16. The molecule has 130 valence electrons. The van der Waals surface area contributed by atoms with E-state index in [4.69, 9.17) is 4.74 Å². The number of ether oxygens (including phenoxy) is 2. The van der Waals surface area contributed by atoms with Crippen molar-refractivity contribution in [3.05, 3.63) is 29.8 Å². The number of aromatic nitrogens is 1. The molecule has 0 radical (unpaired) electrons. The normalized spacial score (nSPS) is 12.3. The van der Waals surface area contributed by atoms with Crippen LogP contribution in [0.15, 0.2) is 24.3 Å². The van der Waals surface area contributed by atoms with Gasteiger partial charge in [0.2, 0.25) is 0 Å². The lowest BCUT2D eigenvalue weighted by molar-refractivity contribution is 0.0544. The van der Waals surface area contributed by atoms with Gasteiger partial charge in [-0.1, -0.05) is 12.1 Å². The highest BCUT2D eigenvalue weighted by atomic mass is 19.4. The molecule has 1 heterocycles. The average molecular weight is 342 g/mol. The van der Waals surface area contributed by atoms with E-state index in [2.05, 4.69) is 4.74 Å². The average Bonchev–Trinajstić information content (AvgIpc) is 2.83. The van der Waals surface area contributed by atoms with Gasteiger partial charge in [-0.25, -0.2) is 9.59 Å². The third kappa shape index (κ3) is 3.55. The summed E-state index contributed by atoms with van der Waals surface area (Å²) in [5, 5.41) is 0.169. The molecule has 9 heteroatoms. The van der Waals surface area contributed by atoms with E-state index in [1.165, 1.54) is 18.2 Å². The third-order valence-corrected chi connectivity index (χ3v) is 3.17. The second-order valence-electron chi connectivity index (χ2n) is 6.22. The van der Waals surface area contributed by atoms with E-state index in [9.17, 15) is 22.5 Å². The van der Waals surface area contributed by atoms with E-state index < -0.39 is 30.2 Å². The van der Waals surface area contributed by atoms with Crippen molar-refractivity contribution in [2.24, 2.45) is 0 Å². The lowest BCUT2D eigenvalue weighted by Crippen LogP contribution is -2.43. The summed E-state index contributed by atoms with van der Waals surface area (Å²) < 4.78 is 50.1. The lowest BCUT2D eigenvalue weighted by Gasteiger charge is -2.23. The van der Waals surface area contributed by atoms with Crippen molar-refractivity contribution >= 4 is 35.5 Å². The first-order chi connectivity index (χ1) is 10.9. The smallest absolute Gasteiger partial charge is 0.465 e. The van der Waals surface area contributed by atoms with Crippen LogP contribution in [-0.4, -0.2) is 36.3 Å². The summed E-state index contributed by atoms with van der Waals surface area (Å²) in [6.45, 7) is -0.806. The third-order valence-electron chi connectivity index (χ3n) is 3.17. The maximum Gasteiger partial charge on any atom is 0.526 e. The fourth-order valence-electron chi connectivity index (χ4n) is 2.22. The standard InChI is InChI=1S/C15H16BF3NO4/c1-15(2,3)24-14(22)20-11-7-10(13(21)23-4)6-5-9(11)8-12(20)16(17,18)19/h5-8H,1-4H3/q-1. The molecule has 2 aromatic rings. The van der Waals surface area contributed by atoms with Gasteiger partial charge in [-0.3, -0.25) is 4.57 Å². The fraction of sp³-hybridized carbons (Fsp3) is 0.333. The van der Waals surface area contributed by atoms with Gasteiger partial charge in [-0.05, 0) is 43.9 Å². The van der Waals surface area contributed by atoms with E-state index in [-0.39, 0.29) is 16.5 Å². The highest BCUT2D eigenvalue weighted by Gasteiger charge is 2.34. The predicted octanol–water partition coefficient (Wildman–Crippen LogP) is 3.27. The number of methoxy groups -OCH3 is 1. The number of rotatable bonds is 2. The molecule has 0 N–H and O–H groups in total. The molecule has 0 saturated carbocycles. The number of fused-ring (bicyclic) bond motifs is 1. The van der Waals surface area contributed by atoms with Crippen LogP contribution in [0.25, 0.3) is 10.9 Å². The van der Waals surface area contributed by atoms with Gasteiger partial charge in [-0.2, -0.15) is 0 Å². The zero-order valence-corrected chi connectivity index (χ0v) is 13.6. The van der Waals surface area contributed by atoms with Crippen LogP contribution < -0.4 is 5.59 Å². The molecule has 0 fully saturated rings. The van der Waals surface area contributed by atoms with Crippen molar-refractivity contribution < 1.29 is 32.0 Å². The first-order valence-electron chi connectivity index (χ1n) is 7.11. The number of carbonyl (C=O) groups is 2. The quantitative estimate of drug-likeness (QED) is 0.621. The number of halogens is 3. The highest BCUT2D eigenvalue weighted by Crippen LogP contribution is 2.23. The first-order valence-corrected chi connectivity index (χ1v) is 7.11. The highest BCUT2D eigenvalue weighted by molar-refractivity contribution is 6.73. The van der Waals surface area contributed by atoms with Crippen LogP contribution >= 0.6 is 0 Å². The van der Waals surface area contributed by atoms with Crippen molar-refractivity contribution in [2.75, 3.05) is 7.11 Å². The number of benzene rings is 1. The van der Waals surface area contributed by atoms with E-state index in [0.29, 0.717) is 4.57 Å².